The Kier molecular flexibility index (Phi) is 7.73. The quantitative estimate of drug-likeness (QED) is 0.422. The number of benzene rings is 3. The predicted molar refractivity (Wildman–Crippen MR) is 131 cm³/mol. The maximum absolute atomic E-state index is 13.2. The van der Waals surface area contributed by atoms with Gasteiger partial charge in [0, 0.05) is 18.2 Å². The zero-order chi connectivity index (χ0) is 24.0. The maximum atomic E-state index is 13.2. The zero-order valence-corrected chi connectivity index (χ0v) is 19.8. The largest absolute Gasteiger partial charge is 0.398 e. The molecule has 0 aliphatic carbocycles. The van der Waals surface area contributed by atoms with Crippen molar-refractivity contribution >= 4 is 21.7 Å². The molecule has 0 aromatic heterocycles. The summed E-state index contributed by atoms with van der Waals surface area (Å²) in [6.45, 7) is 6.43. The average molecular weight is 468 g/mol. The summed E-state index contributed by atoms with van der Waals surface area (Å²) < 4.78 is 34.2. The molecular weight excluding hydrogens is 438 g/mol. The summed E-state index contributed by atoms with van der Waals surface area (Å²) in [6, 6.07) is 19.2. The molecule has 7 nitrogen and oxygen atoms in total. The fourth-order valence-corrected chi connectivity index (χ4v) is 4.86. The molecule has 8 heteroatoms. The standard InChI is InChI=1S/C25H29N3O4S/c1-4-32-16-18-10-5-6-11-19(18)20-12-7-8-13-21(20)22-14-9-15-23(26)24(22)33(30,31)28-25(29)27-17(2)3/h5-15,17H,4,16,26H2,1-3H3,(H2,27,28,29). The van der Waals surface area contributed by atoms with Gasteiger partial charge in [-0.25, -0.2) is 17.9 Å². The fourth-order valence-electron chi connectivity index (χ4n) is 3.61. The van der Waals surface area contributed by atoms with Crippen LogP contribution in [0, 0.1) is 0 Å². The third-order valence-electron chi connectivity index (χ3n) is 4.95. The number of ether oxygens (including phenoxy) is 1. The second kappa shape index (κ2) is 10.5. The van der Waals surface area contributed by atoms with Crippen molar-refractivity contribution in [1.29, 1.82) is 0 Å². The van der Waals surface area contributed by atoms with E-state index >= 15 is 0 Å². The number of nitrogens with two attached hydrogens (primary N) is 1. The van der Waals surface area contributed by atoms with Crippen molar-refractivity contribution in [3.8, 4) is 22.3 Å². The van der Waals surface area contributed by atoms with E-state index in [1.165, 1.54) is 6.07 Å². The highest BCUT2D eigenvalue weighted by atomic mass is 32.2. The van der Waals surface area contributed by atoms with E-state index in [1.807, 2.05) is 55.5 Å². The molecule has 0 radical (unpaired) electrons. The molecule has 174 valence electrons. The summed E-state index contributed by atoms with van der Waals surface area (Å²) in [6.07, 6.45) is 0. The predicted octanol–water partition coefficient (Wildman–Crippen LogP) is 4.54. The Morgan fingerprint density at radius 2 is 1.48 bits per heavy atom. The molecule has 0 unspecified atom stereocenters. The molecule has 0 aliphatic rings. The Hall–Kier alpha value is -3.36. The first kappa shape index (κ1) is 24.3. The van der Waals surface area contributed by atoms with Crippen LogP contribution in [0.4, 0.5) is 10.5 Å². The van der Waals surface area contributed by atoms with Gasteiger partial charge in [-0.15, -0.1) is 0 Å². The van der Waals surface area contributed by atoms with E-state index in [0.717, 1.165) is 16.7 Å². The van der Waals surface area contributed by atoms with Crippen LogP contribution in [0.2, 0.25) is 0 Å². The summed E-state index contributed by atoms with van der Waals surface area (Å²) in [4.78, 5) is 12.0. The first-order chi connectivity index (χ1) is 15.7. The second-order valence-electron chi connectivity index (χ2n) is 7.80. The van der Waals surface area contributed by atoms with Gasteiger partial charge in [0.1, 0.15) is 4.90 Å². The van der Waals surface area contributed by atoms with Crippen molar-refractivity contribution < 1.29 is 17.9 Å². The number of hydrogen-bond donors (Lipinski definition) is 3. The Morgan fingerprint density at radius 1 is 0.909 bits per heavy atom. The number of hydrogen-bond acceptors (Lipinski definition) is 5. The van der Waals surface area contributed by atoms with Gasteiger partial charge in [0.15, 0.2) is 0 Å². The van der Waals surface area contributed by atoms with E-state index in [9.17, 15) is 13.2 Å². The maximum Gasteiger partial charge on any atom is 0.328 e. The SMILES string of the molecule is CCOCc1ccccc1-c1ccccc1-c1cccc(N)c1S(=O)(=O)NC(=O)NC(C)C. The first-order valence-corrected chi connectivity index (χ1v) is 12.2. The Labute approximate surface area is 195 Å². The van der Waals surface area contributed by atoms with Crippen molar-refractivity contribution in [2.75, 3.05) is 12.3 Å². The number of sulfonamides is 1. The van der Waals surface area contributed by atoms with E-state index in [-0.39, 0.29) is 16.6 Å². The van der Waals surface area contributed by atoms with E-state index in [2.05, 4.69) is 10.0 Å². The Morgan fingerprint density at radius 3 is 2.12 bits per heavy atom. The number of anilines is 1. The van der Waals surface area contributed by atoms with Gasteiger partial charge in [-0.05, 0) is 49.1 Å². The molecule has 3 rings (SSSR count). The van der Waals surface area contributed by atoms with E-state index < -0.39 is 16.1 Å². The lowest BCUT2D eigenvalue weighted by molar-refractivity contribution is 0.134. The average Bonchev–Trinajstić information content (AvgIpc) is 2.76. The van der Waals surface area contributed by atoms with Gasteiger partial charge in [0.05, 0.1) is 12.3 Å². The number of nitrogen functional groups attached to an aromatic ring is 1. The highest BCUT2D eigenvalue weighted by molar-refractivity contribution is 7.90. The number of nitrogens with one attached hydrogen (secondary N) is 2. The van der Waals surface area contributed by atoms with Crippen LogP contribution < -0.4 is 15.8 Å². The third kappa shape index (κ3) is 5.71. The van der Waals surface area contributed by atoms with Crippen LogP contribution in [-0.2, 0) is 21.4 Å². The summed E-state index contributed by atoms with van der Waals surface area (Å²) in [5, 5.41) is 2.53. The topological polar surface area (TPSA) is 111 Å². The van der Waals surface area contributed by atoms with Gasteiger partial charge in [0.2, 0.25) is 0 Å². The van der Waals surface area contributed by atoms with Crippen molar-refractivity contribution in [2.45, 2.75) is 38.3 Å². The van der Waals surface area contributed by atoms with Gasteiger partial charge < -0.3 is 15.8 Å². The summed E-state index contributed by atoms with van der Waals surface area (Å²) in [7, 11) is -4.25. The minimum atomic E-state index is -4.25. The lowest BCUT2D eigenvalue weighted by Crippen LogP contribution is -2.42. The van der Waals surface area contributed by atoms with Gasteiger partial charge in [0.25, 0.3) is 10.0 Å². The van der Waals surface area contributed by atoms with Crippen molar-refractivity contribution in [2.24, 2.45) is 0 Å². The molecule has 0 atom stereocenters. The highest BCUT2D eigenvalue weighted by Gasteiger charge is 2.26. The lowest BCUT2D eigenvalue weighted by atomic mass is 9.92. The van der Waals surface area contributed by atoms with Crippen LogP contribution in [0.15, 0.2) is 71.6 Å². The fraction of sp³-hybridized carbons (Fsp3) is 0.240. The van der Waals surface area contributed by atoms with Gasteiger partial charge in [-0.3, -0.25) is 0 Å². The normalized spacial score (nSPS) is 11.4. The minimum absolute atomic E-state index is 0.0507. The number of rotatable bonds is 8. The van der Waals surface area contributed by atoms with Crippen LogP contribution in [0.3, 0.4) is 0 Å². The van der Waals surface area contributed by atoms with Crippen LogP contribution in [0.5, 0.6) is 0 Å². The Balaban J connectivity index is 2.16. The molecule has 0 heterocycles. The number of carbonyl (C=O) groups excluding carboxylic acids is 1. The van der Waals surface area contributed by atoms with Crippen molar-refractivity contribution in [3.63, 3.8) is 0 Å². The molecular formula is C25H29N3O4S. The highest BCUT2D eigenvalue weighted by Crippen LogP contribution is 2.39. The van der Waals surface area contributed by atoms with Crippen LogP contribution in [-0.4, -0.2) is 27.1 Å². The molecule has 2 amide bonds. The molecule has 0 saturated heterocycles. The number of carbonyl (C=O) groups is 1. The number of urea groups is 1. The van der Waals surface area contributed by atoms with Gasteiger partial charge >= 0.3 is 6.03 Å². The van der Waals surface area contributed by atoms with Crippen LogP contribution in [0.25, 0.3) is 22.3 Å². The summed E-state index contributed by atoms with van der Waals surface area (Å²) in [5.74, 6) is 0. The summed E-state index contributed by atoms with van der Waals surface area (Å²) >= 11 is 0. The van der Waals surface area contributed by atoms with Gasteiger partial charge in [-0.1, -0.05) is 60.7 Å². The minimum Gasteiger partial charge on any atom is -0.398 e. The molecule has 33 heavy (non-hydrogen) atoms. The number of amides is 2. The monoisotopic (exact) mass is 467 g/mol. The zero-order valence-electron chi connectivity index (χ0n) is 19.0. The molecule has 3 aromatic rings. The van der Waals surface area contributed by atoms with E-state index in [0.29, 0.717) is 24.3 Å². The van der Waals surface area contributed by atoms with Crippen LogP contribution in [0.1, 0.15) is 26.3 Å². The summed E-state index contributed by atoms with van der Waals surface area (Å²) in [5.41, 5.74) is 10.0. The van der Waals surface area contributed by atoms with E-state index in [1.54, 1.807) is 26.0 Å². The van der Waals surface area contributed by atoms with Crippen LogP contribution >= 0.6 is 0 Å². The molecule has 4 N–H and O–H groups in total. The Bertz CT molecular complexity index is 1240. The third-order valence-corrected chi connectivity index (χ3v) is 6.39. The smallest absolute Gasteiger partial charge is 0.328 e. The molecule has 0 saturated carbocycles. The molecule has 3 aromatic carbocycles. The molecule has 0 aliphatic heterocycles. The molecule has 0 bridgehead atoms. The van der Waals surface area contributed by atoms with Crippen molar-refractivity contribution in [1.82, 2.24) is 10.0 Å². The van der Waals surface area contributed by atoms with Gasteiger partial charge in [-0.2, -0.15) is 0 Å². The van der Waals surface area contributed by atoms with Crippen molar-refractivity contribution in [3.05, 3.63) is 72.3 Å². The molecule has 0 fully saturated rings. The molecule has 0 spiro atoms. The van der Waals surface area contributed by atoms with E-state index in [4.69, 9.17) is 10.5 Å². The second-order valence-corrected chi connectivity index (χ2v) is 9.42. The lowest BCUT2D eigenvalue weighted by Gasteiger charge is -2.18. The first-order valence-electron chi connectivity index (χ1n) is 10.7.